The fraction of sp³-hybridized carbons (Fsp3) is 0.538. The highest BCUT2D eigenvalue weighted by atomic mass is 35.5. The number of rotatable bonds is 1. The topological polar surface area (TPSA) is 3.24 Å². The Kier molecular flexibility index (Phi) is 2.36. The van der Waals surface area contributed by atoms with Crippen LogP contribution in [0.2, 0.25) is 5.02 Å². The SMILES string of the molecule is Clc1c[c]ccc1N1C2CCCC1CC2. The van der Waals surface area contributed by atoms with Crippen LogP contribution in [0.3, 0.4) is 0 Å². The maximum Gasteiger partial charge on any atom is 0.0645 e. The van der Waals surface area contributed by atoms with Gasteiger partial charge < -0.3 is 4.90 Å². The highest BCUT2D eigenvalue weighted by Gasteiger charge is 2.36. The van der Waals surface area contributed by atoms with Gasteiger partial charge in [0.25, 0.3) is 0 Å². The minimum atomic E-state index is 0.739. The van der Waals surface area contributed by atoms with Crippen LogP contribution < -0.4 is 4.90 Å². The highest BCUT2D eigenvalue weighted by Crippen LogP contribution is 2.41. The Labute approximate surface area is 96.0 Å². The Hall–Kier alpha value is -0.690. The third kappa shape index (κ3) is 1.53. The second-order valence-electron chi connectivity index (χ2n) is 4.60. The molecule has 0 saturated carbocycles. The summed E-state index contributed by atoms with van der Waals surface area (Å²) in [7, 11) is 0. The Morgan fingerprint density at radius 1 is 1.20 bits per heavy atom. The van der Waals surface area contributed by atoms with E-state index >= 15 is 0 Å². The summed E-state index contributed by atoms with van der Waals surface area (Å²) in [5.74, 6) is 0. The lowest BCUT2D eigenvalue weighted by atomic mass is 10.0. The van der Waals surface area contributed by atoms with Gasteiger partial charge in [0, 0.05) is 12.1 Å². The minimum Gasteiger partial charge on any atom is -0.364 e. The summed E-state index contributed by atoms with van der Waals surface area (Å²) < 4.78 is 0. The van der Waals surface area contributed by atoms with Gasteiger partial charge in [0.1, 0.15) is 0 Å². The lowest BCUT2D eigenvalue weighted by Crippen LogP contribution is -2.39. The van der Waals surface area contributed by atoms with E-state index < -0.39 is 0 Å². The quantitative estimate of drug-likeness (QED) is 0.698. The van der Waals surface area contributed by atoms with Crippen molar-refractivity contribution in [2.45, 2.75) is 44.2 Å². The van der Waals surface area contributed by atoms with E-state index in [4.69, 9.17) is 11.6 Å². The van der Waals surface area contributed by atoms with Gasteiger partial charge in [0.2, 0.25) is 0 Å². The number of halogens is 1. The Balaban J connectivity index is 1.97. The van der Waals surface area contributed by atoms with E-state index in [0.717, 1.165) is 17.1 Å². The zero-order valence-corrected chi connectivity index (χ0v) is 9.50. The third-order valence-electron chi connectivity index (χ3n) is 3.76. The molecule has 2 bridgehead atoms. The summed E-state index contributed by atoms with van der Waals surface area (Å²) in [5, 5.41) is 0.858. The van der Waals surface area contributed by atoms with E-state index in [1.165, 1.54) is 37.8 Å². The van der Waals surface area contributed by atoms with Gasteiger partial charge >= 0.3 is 0 Å². The van der Waals surface area contributed by atoms with Crippen molar-refractivity contribution in [1.82, 2.24) is 0 Å². The summed E-state index contributed by atoms with van der Waals surface area (Å²) in [5.41, 5.74) is 1.22. The van der Waals surface area contributed by atoms with Crippen molar-refractivity contribution in [3.05, 3.63) is 29.3 Å². The number of nitrogens with zero attached hydrogens (tertiary/aromatic N) is 1. The predicted molar refractivity (Wildman–Crippen MR) is 63.4 cm³/mol. The van der Waals surface area contributed by atoms with Crippen molar-refractivity contribution in [3.8, 4) is 0 Å². The van der Waals surface area contributed by atoms with E-state index in [9.17, 15) is 0 Å². The Morgan fingerprint density at radius 3 is 2.60 bits per heavy atom. The molecule has 2 saturated heterocycles. The number of piperidine rings is 1. The van der Waals surface area contributed by atoms with E-state index in [2.05, 4.69) is 17.0 Å². The molecule has 79 valence electrons. The summed E-state index contributed by atoms with van der Waals surface area (Å²) in [6, 6.07) is 10.5. The average molecular weight is 221 g/mol. The van der Waals surface area contributed by atoms with Gasteiger partial charge in [-0.2, -0.15) is 0 Å². The van der Waals surface area contributed by atoms with E-state index in [1.54, 1.807) is 0 Å². The molecule has 2 unspecified atom stereocenters. The summed E-state index contributed by atoms with van der Waals surface area (Å²) in [4.78, 5) is 2.56. The van der Waals surface area contributed by atoms with Gasteiger partial charge in [0.15, 0.2) is 0 Å². The van der Waals surface area contributed by atoms with Crippen molar-refractivity contribution < 1.29 is 0 Å². The zero-order valence-electron chi connectivity index (χ0n) is 8.75. The van der Waals surface area contributed by atoms with Crippen LogP contribution in [-0.2, 0) is 0 Å². The molecule has 0 aliphatic carbocycles. The molecule has 1 nitrogen and oxygen atoms in total. The van der Waals surface area contributed by atoms with Gasteiger partial charge in [0.05, 0.1) is 10.7 Å². The van der Waals surface area contributed by atoms with Crippen LogP contribution in [0.15, 0.2) is 18.2 Å². The second-order valence-corrected chi connectivity index (χ2v) is 5.01. The Bertz CT molecular complexity index is 347. The van der Waals surface area contributed by atoms with Gasteiger partial charge in [-0.05, 0) is 50.3 Å². The van der Waals surface area contributed by atoms with Gasteiger partial charge in [-0.1, -0.05) is 17.7 Å². The maximum absolute atomic E-state index is 6.24. The number of anilines is 1. The molecule has 0 aromatic heterocycles. The lowest BCUT2D eigenvalue weighted by Gasteiger charge is -2.37. The first-order valence-electron chi connectivity index (χ1n) is 5.80. The molecule has 2 aliphatic rings. The molecule has 2 aliphatic heterocycles. The maximum atomic E-state index is 6.24. The molecule has 2 atom stereocenters. The van der Waals surface area contributed by atoms with Crippen LogP contribution in [-0.4, -0.2) is 12.1 Å². The fourth-order valence-electron chi connectivity index (χ4n) is 3.12. The van der Waals surface area contributed by atoms with Crippen LogP contribution in [0.5, 0.6) is 0 Å². The smallest absolute Gasteiger partial charge is 0.0645 e. The zero-order chi connectivity index (χ0) is 10.3. The lowest BCUT2D eigenvalue weighted by molar-refractivity contribution is 0.468. The highest BCUT2D eigenvalue weighted by molar-refractivity contribution is 6.33. The second kappa shape index (κ2) is 3.71. The number of hydrogen-bond acceptors (Lipinski definition) is 1. The molecule has 15 heavy (non-hydrogen) atoms. The molecule has 1 aromatic carbocycles. The molecule has 2 fully saturated rings. The first-order chi connectivity index (χ1) is 7.36. The molecular weight excluding hydrogens is 206 g/mol. The van der Waals surface area contributed by atoms with Crippen LogP contribution in [0.1, 0.15) is 32.1 Å². The number of fused-ring (bicyclic) bond motifs is 2. The number of hydrogen-bond donors (Lipinski definition) is 0. The molecular formula is C13H15ClN. The molecule has 0 spiro atoms. The first-order valence-corrected chi connectivity index (χ1v) is 6.18. The molecule has 0 amide bonds. The van der Waals surface area contributed by atoms with Crippen LogP contribution in [0.4, 0.5) is 5.69 Å². The molecule has 3 rings (SSSR count). The van der Waals surface area contributed by atoms with E-state index in [-0.39, 0.29) is 0 Å². The minimum absolute atomic E-state index is 0.739. The summed E-state index contributed by atoms with van der Waals surface area (Å²) >= 11 is 6.24. The summed E-state index contributed by atoms with van der Waals surface area (Å²) in [6.07, 6.45) is 6.76. The first kappa shape index (κ1) is 9.53. The molecule has 2 heterocycles. The molecule has 1 radical (unpaired) electrons. The van der Waals surface area contributed by atoms with Crippen molar-refractivity contribution in [3.63, 3.8) is 0 Å². The predicted octanol–water partition coefficient (Wildman–Crippen LogP) is 3.66. The standard InChI is InChI=1S/C13H15ClN/c14-12-6-1-2-7-13(12)15-10-4-3-5-11(15)9-8-10/h2,6-7,10-11H,3-5,8-9H2. The van der Waals surface area contributed by atoms with E-state index in [0.29, 0.717) is 0 Å². The molecule has 1 aromatic rings. The van der Waals surface area contributed by atoms with Crippen molar-refractivity contribution in [2.24, 2.45) is 0 Å². The van der Waals surface area contributed by atoms with Gasteiger partial charge in [-0.15, -0.1) is 0 Å². The average Bonchev–Trinajstić information content (AvgIpc) is 2.50. The normalized spacial score (nSPS) is 29.5. The molecule has 0 N–H and O–H groups in total. The monoisotopic (exact) mass is 220 g/mol. The Morgan fingerprint density at radius 2 is 1.93 bits per heavy atom. The van der Waals surface area contributed by atoms with Crippen LogP contribution in [0, 0.1) is 6.07 Å². The molecule has 2 heteroatoms. The summed E-state index contributed by atoms with van der Waals surface area (Å²) in [6.45, 7) is 0. The van der Waals surface area contributed by atoms with Crippen molar-refractivity contribution in [2.75, 3.05) is 4.90 Å². The largest absolute Gasteiger partial charge is 0.364 e. The van der Waals surface area contributed by atoms with Crippen LogP contribution >= 0.6 is 11.6 Å². The van der Waals surface area contributed by atoms with Gasteiger partial charge in [-0.25, -0.2) is 0 Å². The third-order valence-corrected chi connectivity index (χ3v) is 4.07. The number of benzene rings is 1. The van der Waals surface area contributed by atoms with Crippen molar-refractivity contribution >= 4 is 17.3 Å². The van der Waals surface area contributed by atoms with Crippen molar-refractivity contribution in [1.29, 1.82) is 0 Å². The fourth-order valence-corrected chi connectivity index (χ4v) is 3.35. The van der Waals surface area contributed by atoms with E-state index in [1.807, 2.05) is 12.1 Å². The van der Waals surface area contributed by atoms with Crippen LogP contribution in [0.25, 0.3) is 0 Å². The van der Waals surface area contributed by atoms with Gasteiger partial charge in [-0.3, -0.25) is 0 Å².